The predicted molar refractivity (Wildman–Crippen MR) is 96.6 cm³/mol. The number of ketones is 1. The van der Waals surface area contributed by atoms with Gasteiger partial charge >= 0.3 is 11.9 Å². The highest BCUT2D eigenvalue weighted by atomic mass is 16.4. The molecule has 3 aromatic rings. The van der Waals surface area contributed by atoms with Gasteiger partial charge in [-0.15, -0.1) is 0 Å². The average molecular weight is 370 g/mol. The Morgan fingerprint density at radius 1 is 1.15 bits per heavy atom. The monoisotopic (exact) mass is 370 g/mol. The first-order chi connectivity index (χ1) is 12.9. The summed E-state index contributed by atoms with van der Waals surface area (Å²) in [5.74, 6) is -2.42. The van der Waals surface area contributed by atoms with Crippen molar-refractivity contribution in [2.75, 3.05) is 0 Å². The van der Waals surface area contributed by atoms with E-state index in [1.165, 1.54) is 0 Å². The lowest BCUT2D eigenvalue weighted by Gasteiger charge is -1.98. The Bertz CT molecular complexity index is 967. The molecule has 0 saturated heterocycles. The molecule has 2 heterocycles. The quantitative estimate of drug-likeness (QED) is 0.448. The van der Waals surface area contributed by atoms with Gasteiger partial charge in [-0.05, 0) is 19.4 Å². The van der Waals surface area contributed by atoms with Crippen LogP contribution in [0.15, 0.2) is 53.4 Å². The van der Waals surface area contributed by atoms with Crippen LogP contribution in [0.25, 0.3) is 11.0 Å². The van der Waals surface area contributed by atoms with Gasteiger partial charge in [-0.2, -0.15) is 0 Å². The molecule has 0 radical (unpaired) electrons. The molecule has 140 valence electrons. The molecule has 0 aliphatic carbocycles. The van der Waals surface area contributed by atoms with E-state index in [0.29, 0.717) is 30.6 Å². The Morgan fingerprint density at radius 2 is 1.81 bits per heavy atom. The number of hydrogen-bond donors (Lipinski definition) is 3. The van der Waals surface area contributed by atoms with Crippen LogP contribution in [0.4, 0.5) is 0 Å². The summed E-state index contributed by atoms with van der Waals surface area (Å²) >= 11 is 0. The summed E-state index contributed by atoms with van der Waals surface area (Å²) in [4.78, 5) is 38.6. The lowest BCUT2D eigenvalue weighted by Crippen LogP contribution is -2.01. The number of hydrogen-bond acceptors (Lipinski definition) is 5. The van der Waals surface area contributed by atoms with E-state index < -0.39 is 11.9 Å². The molecule has 0 bridgehead atoms. The average Bonchev–Trinajstić information content (AvgIpc) is 3.24. The van der Waals surface area contributed by atoms with Crippen molar-refractivity contribution in [1.82, 2.24) is 9.97 Å². The lowest BCUT2D eigenvalue weighted by atomic mass is 10.0. The molecule has 3 rings (SSSR count). The van der Waals surface area contributed by atoms with Crippen LogP contribution in [0.3, 0.4) is 0 Å². The SMILES string of the molecule is Cc1[nH]cnc1CCC(=O)c1coc2ccccc12.O=C(O)C=CC(=O)O. The Morgan fingerprint density at radius 3 is 2.41 bits per heavy atom. The number of aliphatic carboxylic acids is 2. The highest BCUT2D eigenvalue weighted by Gasteiger charge is 2.14. The van der Waals surface area contributed by atoms with Crippen molar-refractivity contribution < 1.29 is 29.0 Å². The fourth-order valence-corrected chi connectivity index (χ4v) is 2.34. The summed E-state index contributed by atoms with van der Waals surface area (Å²) in [5.41, 5.74) is 3.37. The molecule has 0 unspecified atom stereocenters. The molecule has 0 spiro atoms. The Hall–Kier alpha value is -3.68. The number of carbonyl (C=O) groups excluding carboxylic acids is 1. The summed E-state index contributed by atoms with van der Waals surface area (Å²) in [6.07, 6.45) is 5.40. The lowest BCUT2D eigenvalue weighted by molar-refractivity contribution is -0.134. The number of aromatic nitrogens is 2. The number of fused-ring (bicyclic) bond motifs is 1. The number of nitrogens with one attached hydrogen (secondary N) is 1. The summed E-state index contributed by atoms with van der Waals surface area (Å²) in [6, 6.07) is 7.58. The minimum Gasteiger partial charge on any atom is -0.478 e. The number of carboxylic acids is 2. The molecule has 3 N–H and O–H groups in total. The molecule has 1 aromatic carbocycles. The predicted octanol–water partition coefficient (Wildman–Crippen LogP) is 2.99. The van der Waals surface area contributed by atoms with Crippen molar-refractivity contribution >= 4 is 28.7 Å². The van der Waals surface area contributed by atoms with E-state index in [1.807, 2.05) is 31.2 Å². The van der Waals surface area contributed by atoms with E-state index >= 15 is 0 Å². The number of Topliss-reactive ketones (excluding diaryl/α,β-unsaturated/α-hetero) is 1. The van der Waals surface area contributed by atoms with Gasteiger partial charge in [0.1, 0.15) is 11.8 Å². The third kappa shape index (κ3) is 5.67. The summed E-state index contributed by atoms with van der Waals surface area (Å²) < 4.78 is 5.39. The highest BCUT2D eigenvalue weighted by molar-refractivity contribution is 6.07. The fourth-order valence-electron chi connectivity index (χ4n) is 2.34. The molecule has 8 heteroatoms. The van der Waals surface area contributed by atoms with Crippen LogP contribution in [-0.4, -0.2) is 37.9 Å². The van der Waals surface area contributed by atoms with Crippen LogP contribution in [0.1, 0.15) is 28.2 Å². The third-order valence-corrected chi connectivity index (χ3v) is 3.67. The number of furan rings is 1. The molecular weight excluding hydrogens is 352 g/mol. The van der Waals surface area contributed by atoms with Gasteiger partial charge in [0, 0.05) is 29.7 Å². The van der Waals surface area contributed by atoms with E-state index in [1.54, 1.807) is 12.6 Å². The normalized spacial score (nSPS) is 10.6. The van der Waals surface area contributed by atoms with Gasteiger partial charge in [-0.25, -0.2) is 14.6 Å². The second kappa shape index (κ2) is 9.14. The molecule has 0 aliphatic heterocycles. The number of carbonyl (C=O) groups is 3. The van der Waals surface area contributed by atoms with Gasteiger partial charge in [-0.1, -0.05) is 18.2 Å². The smallest absolute Gasteiger partial charge is 0.328 e. The molecule has 0 fully saturated rings. The van der Waals surface area contributed by atoms with Crippen LogP contribution >= 0.6 is 0 Å². The van der Waals surface area contributed by atoms with E-state index in [4.69, 9.17) is 14.6 Å². The third-order valence-electron chi connectivity index (χ3n) is 3.67. The number of imidazole rings is 1. The molecule has 0 atom stereocenters. The van der Waals surface area contributed by atoms with Crippen molar-refractivity contribution in [2.45, 2.75) is 19.8 Å². The number of rotatable bonds is 6. The van der Waals surface area contributed by atoms with Crippen LogP contribution < -0.4 is 0 Å². The molecule has 0 saturated carbocycles. The Labute approximate surface area is 154 Å². The molecule has 0 amide bonds. The molecule has 8 nitrogen and oxygen atoms in total. The first-order valence-corrected chi connectivity index (χ1v) is 8.00. The standard InChI is InChI=1S/C15H14N2O2.C4H4O4/c1-10-13(17-9-16-10)6-7-14(18)12-8-19-15-5-3-2-4-11(12)15;5-3(6)1-2-4(7)8/h2-5,8-9H,6-7H2,1H3,(H,16,17);1-2H,(H,5,6)(H,7,8). The zero-order chi connectivity index (χ0) is 19.8. The number of aromatic amines is 1. The van der Waals surface area contributed by atoms with Crippen LogP contribution in [0.5, 0.6) is 0 Å². The molecule has 2 aromatic heterocycles. The number of benzene rings is 1. The zero-order valence-corrected chi connectivity index (χ0v) is 14.5. The van der Waals surface area contributed by atoms with E-state index in [2.05, 4.69) is 9.97 Å². The number of nitrogens with zero attached hydrogens (tertiary/aromatic N) is 1. The largest absolute Gasteiger partial charge is 0.478 e. The van der Waals surface area contributed by atoms with Gasteiger partial charge in [0.25, 0.3) is 0 Å². The second-order valence-corrected chi connectivity index (χ2v) is 5.55. The van der Waals surface area contributed by atoms with Gasteiger partial charge in [0.05, 0.1) is 17.6 Å². The van der Waals surface area contributed by atoms with Crippen molar-refractivity contribution in [2.24, 2.45) is 0 Å². The van der Waals surface area contributed by atoms with Gasteiger partial charge in [-0.3, -0.25) is 4.79 Å². The first kappa shape index (κ1) is 19.6. The topological polar surface area (TPSA) is 133 Å². The van der Waals surface area contributed by atoms with E-state index in [9.17, 15) is 14.4 Å². The van der Waals surface area contributed by atoms with Crippen molar-refractivity contribution in [3.63, 3.8) is 0 Å². The van der Waals surface area contributed by atoms with E-state index in [-0.39, 0.29) is 5.78 Å². The number of H-pyrrole nitrogens is 1. The molecular formula is C19H18N2O6. The minimum atomic E-state index is -1.26. The highest BCUT2D eigenvalue weighted by Crippen LogP contribution is 2.22. The van der Waals surface area contributed by atoms with Crippen LogP contribution in [0.2, 0.25) is 0 Å². The van der Waals surface area contributed by atoms with Crippen molar-refractivity contribution in [3.8, 4) is 0 Å². The van der Waals surface area contributed by atoms with Crippen molar-refractivity contribution in [3.05, 3.63) is 66.0 Å². The molecule has 27 heavy (non-hydrogen) atoms. The first-order valence-electron chi connectivity index (χ1n) is 8.00. The minimum absolute atomic E-state index is 0.0901. The maximum absolute atomic E-state index is 12.2. The van der Waals surface area contributed by atoms with Gasteiger partial charge in [0.2, 0.25) is 0 Å². The van der Waals surface area contributed by atoms with Crippen LogP contribution in [0, 0.1) is 6.92 Å². The van der Waals surface area contributed by atoms with Crippen molar-refractivity contribution in [1.29, 1.82) is 0 Å². The molecule has 0 aliphatic rings. The number of para-hydroxylation sites is 1. The number of carboxylic acid groups (broad SMARTS) is 2. The zero-order valence-electron chi connectivity index (χ0n) is 14.5. The van der Waals surface area contributed by atoms with Gasteiger partial charge in [0.15, 0.2) is 5.78 Å². The van der Waals surface area contributed by atoms with Gasteiger partial charge < -0.3 is 19.6 Å². The fraction of sp³-hybridized carbons (Fsp3) is 0.158. The summed E-state index contributed by atoms with van der Waals surface area (Å²) in [6.45, 7) is 1.96. The van der Waals surface area contributed by atoms with E-state index in [0.717, 1.165) is 22.4 Å². The summed E-state index contributed by atoms with van der Waals surface area (Å²) in [5, 5.41) is 16.5. The Kier molecular flexibility index (Phi) is 6.65. The maximum Gasteiger partial charge on any atom is 0.328 e. The Balaban J connectivity index is 0.000000279. The maximum atomic E-state index is 12.2. The summed E-state index contributed by atoms with van der Waals surface area (Å²) in [7, 11) is 0. The number of aryl methyl sites for hydroxylation is 2. The second-order valence-electron chi connectivity index (χ2n) is 5.55. The van der Waals surface area contributed by atoms with Crippen LogP contribution in [-0.2, 0) is 16.0 Å².